The SMILES string of the molecule is O=C1CCN(C(=O)CC2CCCCCC2)CCN1. The maximum atomic E-state index is 12.2. The van der Waals surface area contributed by atoms with Gasteiger partial charge in [-0.05, 0) is 18.8 Å². The molecule has 18 heavy (non-hydrogen) atoms. The van der Waals surface area contributed by atoms with E-state index in [0.717, 1.165) is 0 Å². The molecule has 0 aromatic rings. The fourth-order valence-corrected chi connectivity index (χ4v) is 2.96. The maximum absolute atomic E-state index is 12.2. The molecule has 1 saturated heterocycles. The normalized spacial score (nSPS) is 23.1. The largest absolute Gasteiger partial charge is 0.354 e. The third kappa shape index (κ3) is 4.00. The van der Waals surface area contributed by atoms with Crippen LogP contribution in [0.1, 0.15) is 51.4 Å². The molecule has 0 radical (unpaired) electrons. The smallest absolute Gasteiger partial charge is 0.222 e. The number of rotatable bonds is 2. The van der Waals surface area contributed by atoms with Gasteiger partial charge in [-0.25, -0.2) is 0 Å². The molecule has 0 unspecified atom stereocenters. The minimum absolute atomic E-state index is 0.0692. The number of hydrogen-bond donors (Lipinski definition) is 1. The Labute approximate surface area is 109 Å². The summed E-state index contributed by atoms with van der Waals surface area (Å²) in [7, 11) is 0. The van der Waals surface area contributed by atoms with Crippen LogP contribution in [-0.2, 0) is 9.59 Å². The van der Waals surface area contributed by atoms with E-state index in [1.54, 1.807) is 0 Å². The Morgan fingerprint density at radius 2 is 1.89 bits per heavy atom. The molecule has 1 N–H and O–H groups in total. The highest BCUT2D eigenvalue weighted by molar-refractivity contribution is 5.80. The van der Waals surface area contributed by atoms with Crippen molar-refractivity contribution in [3.8, 4) is 0 Å². The highest BCUT2D eigenvalue weighted by Gasteiger charge is 2.22. The zero-order valence-corrected chi connectivity index (χ0v) is 11.1. The number of nitrogens with zero attached hydrogens (tertiary/aromatic N) is 1. The minimum Gasteiger partial charge on any atom is -0.354 e. The first-order chi connectivity index (χ1) is 8.75. The molecule has 2 rings (SSSR count). The van der Waals surface area contributed by atoms with Crippen LogP contribution >= 0.6 is 0 Å². The van der Waals surface area contributed by atoms with Gasteiger partial charge >= 0.3 is 0 Å². The van der Waals surface area contributed by atoms with E-state index in [4.69, 9.17) is 0 Å². The van der Waals surface area contributed by atoms with Crippen LogP contribution in [0.2, 0.25) is 0 Å². The van der Waals surface area contributed by atoms with E-state index in [1.807, 2.05) is 4.90 Å². The fourth-order valence-electron chi connectivity index (χ4n) is 2.96. The van der Waals surface area contributed by atoms with Crippen LogP contribution in [0.4, 0.5) is 0 Å². The third-order valence-electron chi connectivity index (χ3n) is 4.10. The van der Waals surface area contributed by atoms with Crippen molar-refractivity contribution in [3.05, 3.63) is 0 Å². The zero-order valence-electron chi connectivity index (χ0n) is 11.1. The van der Waals surface area contributed by atoms with E-state index in [9.17, 15) is 9.59 Å². The molecule has 0 aromatic heterocycles. The topological polar surface area (TPSA) is 49.4 Å². The van der Waals surface area contributed by atoms with E-state index >= 15 is 0 Å². The van der Waals surface area contributed by atoms with Crippen molar-refractivity contribution in [1.29, 1.82) is 0 Å². The van der Waals surface area contributed by atoms with Crippen molar-refractivity contribution in [3.63, 3.8) is 0 Å². The first-order valence-corrected chi connectivity index (χ1v) is 7.30. The van der Waals surface area contributed by atoms with Crippen molar-refractivity contribution in [1.82, 2.24) is 10.2 Å². The number of amides is 2. The van der Waals surface area contributed by atoms with Crippen LogP contribution in [0.5, 0.6) is 0 Å². The molecule has 1 saturated carbocycles. The Balaban J connectivity index is 1.80. The van der Waals surface area contributed by atoms with Crippen LogP contribution < -0.4 is 5.32 Å². The van der Waals surface area contributed by atoms with Gasteiger partial charge in [0.25, 0.3) is 0 Å². The van der Waals surface area contributed by atoms with Gasteiger partial charge in [0.15, 0.2) is 0 Å². The van der Waals surface area contributed by atoms with E-state index < -0.39 is 0 Å². The second-order valence-electron chi connectivity index (χ2n) is 5.54. The lowest BCUT2D eigenvalue weighted by molar-refractivity contribution is -0.132. The van der Waals surface area contributed by atoms with Crippen molar-refractivity contribution >= 4 is 11.8 Å². The molecule has 2 fully saturated rings. The monoisotopic (exact) mass is 252 g/mol. The average molecular weight is 252 g/mol. The highest BCUT2D eigenvalue weighted by atomic mass is 16.2. The molecule has 102 valence electrons. The summed E-state index contributed by atoms with van der Waals surface area (Å²) in [6.45, 7) is 1.88. The van der Waals surface area contributed by atoms with Crippen LogP contribution in [0, 0.1) is 5.92 Å². The molecule has 0 bridgehead atoms. The lowest BCUT2D eigenvalue weighted by atomic mass is 9.96. The Morgan fingerprint density at radius 1 is 1.17 bits per heavy atom. The highest BCUT2D eigenvalue weighted by Crippen LogP contribution is 2.26. The zero-order chi connectivity index (χ0) is 12.8. The summed E-state index contributed by atoms with van der Waals surface area (Å²) in [5, 5.41) is 2.81. The Kier molecular flexibility index (Phi) is 5.02. The van der Waals surface area contributed by atoms with Crippen molar-refractivity contribution in [2.45, 2.75) is 51.4 Å². The van der Waals surface area contributed by atoms with Gasteiger partial charge in [-0.3, -0.25) is 9.59 Å². The van der Waals surface area contributed by atoms with Gasteiger partial charge in [-0.15, -0.1) is 0 Å². The second-order valence-corrected chi connectivity index (χ2v) is 5.54. The molecule has 4 heteroatoms. The predicted octanol–water partition coefficient (Wildman–Crippen LogP) is 1.70. The Hall–Kier alpha value is -1.06. The number of carbonyl (C=O) groups excluding carboxylic acids is 2. The molecule has 1 aliphatic heterocycles. The summed E-state index contributed by atoms with van der Waals surface area (Å²) in [5.74, 6) is 0.894. The first-order valence-electron chi connectivity index (χ1n) is 7.30. The lowest BCUT2D eigenvalue weighted by Crippen LogP contribution is -2.35. The van der Waals surface area contributed by atoms with E-state index in [1.165, 1.54) is 38.5 Å². The van der Waals surface area contributed by atoms with Crippen LogP contribution in [0.3, 0.4) is 0 Å². The van der Waals surface area contributed by atoms with Crippen molar-refractivity contribution in [2.75, 3.05) is 19.6 Å². The number of carbonyl (C=O) groups is 2. The molecular formula is C14H24N2O2. The molecule has 4 nitrogen and oxygen atoms in total. The quantitative estimate of drug-likeness (QED) is 0.760. The standard InChI is InChI=1S/C14H24N2O2/c17-13-7-9-16(10-8-15-13)14(18)11-12-5-3-1-2-4-6-12/h12H,1-11H2,(H,15,17). The summed E-state index contributed by atoms with van der Waals surface area (Å²) in [6.07, 6.45) is 8.76. The average Bonchev–Trinajstić information content (AvgIpc) is 2.72. The second kappa shape index (κ2) is 6.76. The predicted molar refractivity (Wildman–Crippen MR) is 70.0 cm³/mol. The van der Waals surface area contributed by atoms with Gasteiger partial charge in [0, 0.05) is 32.5 Å². The summed E-state index contributed by atoms with van der Waals surface area (Å²) in [4.78, 5) is 25.3. The maximum Gasteiger partial charge on any atom is 0.222 e. The fraction of sp³-hybridized carbons (Fsp3) is 0.857. The lowest BCUT2D eigenvalue weighted by Gasteiger charge is -2.22. The van der Waals surface area contributed by atoms with Gasteiger partial charge in [0.1, 0.15) is 0 Å². The van der Waals surface area contributed by atoms with Gasteiger partial charge in [-0.2, -0.15) is 0 Å². The van der Waals surface area contributed by atoms with E-state index in [0.29, 0.717) is 38.4 Å². The van der Waals surface area contributed by atoms with Crippen molar-refractivity contribution < 1.29 is 9.59 Å². The Morgan fingerprint density at radius 3 is 2.61 bits per heavy atom. The summed E-state index contributed by atoms with van der Waals surface area (Å²) in [6, 6.07) is 0. The number of hydrogen-bond acceptors (Lipinski definition) is 2. The van der Waals surface area contributed by atoms with Gasteiger partial charge < -0.3 is 10.2 Å². The van der Waals surface area contributed by atoms with Gasteiger partial charge in [0.05, 0.1) is 0 Å². The van der Waals surface area contributed by atoms with E-state index in [-0.39, 0.29) is 11.8 Å². The molecule has 0 spiro atoms. The van der Waals surface area contributed by atoms with Crippen molar-refractivity contribution in [2.24, 2.45) is 5.92 Å². The minimum atomic E-state index is 0.0692. The summed E-state index contributed by atoms with van der Waals surface area (Å²) in [5.41, 5.74) is 0. The van der Waals surface area contributed by atoms with E-state index in [2.05, 4.69) is 5.32 Å². The molecule has 1 heterocycles. The van der Waals surface area contributed by atoms with Crippen LogP contribution in [-0.4, -0.2) is 36.3 Å². The number of nitrogens with one attached hydrogen (secondary N) is 1. The Bertz CT molecular complexity index is 296. The summed E-state index contributed by atoms with van der Waals surface area (Å²) < 4.78 is 0. The first kappa shape index (κ1) is 13.4. The molecule has 2 amide bonds. The molecule has 0 aromatic carbocycles. The molecule has 1 aliphatic carbocycles. The third-order valence-corrected chi connectivity index (χ3v) is 4.10. The molecule has 2 aliphatic rings. The molecule has 0 atom stereocenters. The van der Waals surface area contributed by atoms with Gasteiger partial charge in [0.2, 0.25) is 11.8 Å². The molecular weight excluding hydrogens is 228 g/mol. The van der Waals surface area contributed by atoms with Gasteiger partial charge in [-0.1, -0.05) is 25.7 Å². The van der Waals surface area contributed by atoms with Crippen LogP contribution in [0.25, 0.3) is 0 Å². The summed E-state index contributed by atoms with van der Waals surface area (Å²) >= 11 is 0. The van der Waals surface area contributed by atoms with Crippen LogP contribution in [0.15, 0.2) is 0 Å².